The van der Waals surface area contributed by atoms with E-state index in [1.807, 2.05) is 37.3 Å². The lowest BCUT2D eigenvalue weighted by Crippen LogP contribution is -2.31. The van der Waals surface area contributed by atoms with Gasteiger partial charge >= 0.3 is 0 Å². The van der Waals surface area contributed by atoms with Crippen LogP contribution in [0.5, 0.6) is 0 Å². The number of nitriles is 1. The Hall–Kier alpha value is -2.22. The number of hydrogen-bond donors (Lipinski definition) is 2. The molecule has 1 aliphatic carbocycles. The van der Waals surface area contributed by atoms with Crippen LogP contribution in [0.3, 0.4) is 0 Å². The van der Waals surface area contributed by atoms with Crippen LogP contribution >= 0.6 is 0 Å². The smallest absolute Gasteiger partial charge is 0.129 e. The molecule has 2 aromatic rings. The van der Waals surface area contributed by atoms with Gasteiger partial charge in [-0.1, -0.05) is 30.3 Å². The Balaban J connectivity index is 1.83. The second kappa shape index (κ2) is 5.88. The third kappa shape index (κ3) is 2.61. The maximum Gasteiger partial charge on any atom is 0.129 e. The van der Waals surface area contributed by atoms with Crippen molar-refractivity contribution in [1.29, 1.82) is 5.26 Å². The number of aliphatic hydroxyl groups is 1. The van der Waals surface area contributed by atoms with Crippen LogP contribution < -0.4 is 5.32 Å². The van der Waals surface area contributed by atoms with Gasteiger partial charge in [-0.25, -0.2) is 4.39 Å². The van der Waals surface area contributed by atoms with E-state index in [0.29, 0.717) is 17.5 Å². The molecule has 0 aliphatic heterocycles. The van der Waals surface area contributed by atoms with E-state index in [4.69, 9.17) is 5.26 Å². The number of aliphatic hydroxyl groups excluding tert-OH is 1. The number of nitrogens with zero attached hydrogens (tertiary/aromatic N) is 1. The van der Waals surface area contributed by atoms with Crippen molar-refractivity contribution in [3.05, 3.63) is 70.5 Å². The molecule has 2 aromatic carbocycles. The molecule has 3 atom stereocenters. The maximum absolute atomic E-state index is 14.1. The fourth-order valence-electron chi connectivity index (χ4n) is 3.08. The average Bonchev–Trinajstić information content (AvgIpc) is 2.83. The predicted octanol–water partition coefficient (Wildman–Crippen LogP) is 3.01. The standard InChI is InChI=1S/C18H17FN2O/c1-11(14-7-6-12(10-20)8-16(14)19)21-18-15-5-3-2-4-13(15)9-17(18)22/h2-8,11,17-18,21-22H,9H2,1H3. The topological polar surface area (TPSA) is 56.0 Å². The lowest BCUT2D eigenvalue weighted by molar-refractivity contribution is 0.135. The van der Waals surface area contributed by atoms with Crippen molar-refractivity contribution >= 4 is 0 Å². The Morgan fingerprint density at radius 2 is 2.09 bits per heavy atom. The third-order valence-electron chi connectivity index (χ3n) is 4.23. The second-order valence-electron chi connectivity index (χ2n) is 5.68. The molecule has 0 aromatic heterocycles. The van der Waals surface area contributed by atoms with Crippen LogP contribution in [0.2, 0.25) is 0 Å². The van der Waals surface area contributed by atoms with E-state index >= 15 is 0 Å². The number of hydrogen-bond acceptors (Lipinski definition) is 3. The fraction of sp³-hybridized carbons (Fsp3) is 0.278. The van der Waals surface area contributed by atoms with Crippen molar-refractivity contribution in [3.63, 3.8) is 0 Å². The Labute approximate surface area is 129 Å². The highest BCUT2D eigenvalue weighted by molar-refractivity contribution is 5.38. The molecule has 0 fully saturated rings. The predicted molar refractivity (Wildman–Crippen MR) is 81.6 cm³/mol. The summed E-state index contributed by atoms with van der Waals surface area (Å²) in [5, 5.41) is 22.4. The molecule has 1 aliphatic rings. The first-order chi connectivity index (χ1) is 10.6. The van der Waals surface area contributed by atoms with Gasteiger partial charge in [0.25, 0.3) is 0 Å². The van der Waals surface area contributed by atoms with Crippen LogP contribution in [0.25, 0.3) is 0 Å². The summed E-state index contributed by atoms with van der Waals surface area (Å²) in [6.45, 7) is 1.86. The Morgan fingerprint density at radius 3 is 2.82 bits per heavy atom. The number of halogens is 1. The van der Waals surface area contributed by atoms with Crippen molar-refractivity contribution in [2.24, 2.45) is 0 Å². The minimum absolute atomic E-state index is 0.207. The van der Waals surface area contributed by atoms with Gasteiger partial charge in [0.1, 0.15) is 5.82 Å². The second-order valence-corrected chi connectivity index (χ2v) is 5.68. The first kappa shape index (κ1) is 14.7. The molecule has 0 saturated carbocycles. The monoisotopic (exact) mass is 296 g/mol. The lowest BCUT2D eigenvalue weighted by Gasteiger charge is -2.23. The van der Waals surface area contributed by atoms with E-state index < -0.39 is 11.9 Å². The highest BCUT2D eigenvalue weighted by Crippen LogP contribution is 2.33. The van der Waals surface area contributed by atoms with E-state index in [2.05, 4.69) is 5.32 Å². The summed E-state index contributed by atoms with van der Waals surface area (Å²) < 4.78 is 14.1. The molecule has 0 amide bonds. The molecule has 3 nitrogen and oxygen atoms in total. The molecule has 2 N–H and O–H groups in total. The van der Waals surface area contributed by atoms with Crippen molar-refractivity contribution in [1.82, 2.24) is 5.32 Å². The maximum atomic E-state index is 14.1. The van der Waals surface area contributed by atoms with Crippen LogP contribution in [0, 0.1) is 17.1 Å². The summed E-state index contributed by atoms with van der Waals surface area (Å²) in [6.07, 6.45) is 0.0949. The molecule has 3 rings (SSSR count). The molecule has 0 saturated heterocycles. The van der Waals surface area contributed by atoms with Crippen molar-refractivity contribution < 1.29 is 9.50 Å². The molecule has 0 bridgehead atoms. The van der Waals surface area contributed by atoms with Crippen LogP contribution in [0.4, 0.5) is 4.39 Å². The molecular weight excluding hydrogens is 279 g/mol. The van der Waals surface area contributed by atoms with Crippen LogP contribution in [0.1, 0.15) is 41.3 Å². The Kier molecular flexibility index (Phi) is 3.93. The molecule has 3 unspecified atom stereocenters. The number of benzene rings is 2. The summed E-state index contributed by atoms with van der Waals surface area (Å²) in [5.41, 5.74) is 2.99. The Bertz CT molecular complexity index is 738. The van der Waals surface area contributed by atoms with E-state index in [1.54, 1.807) is 12.1 Å². The number of nitrogens with one attached hydrogen (secondary N) is 1. The van der Waals surface area contributed by atoms with Gasteiger partial charge < -0.3 is 10.4 Å². The fourth-order valence-corrected chi connectivity index (χ4v) is 3.08. The van der Waals surface area contributed by atoms with Crippen LogP contribution in [-0.4, -0.2) is 11.2 Å². The zero-order chi connectivity index (χ0) is 15.7. The van der Waals surface area contributed by atoms with Crippen molar-refractivity contribution in [3.8, 4) is 6.07 Å². The summed E-state index contributed by atoms with van der Waals surface area (Å²) in [4.78, 5) is 0. The summed E-state index contributed by atoms with van der Waals surface area (Å²) in [7, 11) is 0. The molecule has 4 heteroatoms. The zero-order valence-electron chi connectivity index (χ0n) is 12.3. The average molecular weight is 296 g/mol. The van der Waals surface area contributed by atoms with Gasteiger partial charge in [-0.3, -0.25) is 0 Å². The third-order valence-corrected chi connectivity index (χ3v) is 4.23. The van der Waals surface area contributed by atoms with E-state index in [9.17, 15) is 9.50 Å². The molecule has 22 heavy (non-hydrogen) atoms. The number of rotatable bonds is 3. The van der Waals surface area contributed by atoms with E-state index in [1.165, 1.54) is 6.07 Å². The van der Waals surface area contributed by atoms with Crippen LogP contribution in [-0.2, 0) is 6.42 Å². The molecular formula is C18H17FN2O. The van der Waals surface area contributed by atoms with Gasteiger partial charge in [-0.05, 0) is 30.2 Å². The van der Waals surface area contributed by atoms with E-state index in [-0.39, 0.29) is 12.1 Å². The summed E-state index contributed by atoms with van der Waals surface area (Å²) in [6, 6.07) is 13.8. The molecule has 0 radical (unpaired) electrons. The number of fused-ring (bicyclic) bond motifs is 1. The largest absolute Gasteiger partial charge is 0.391 e. The van der Waals surface area contributed by atoms with Crippen molar-refractivity contribution in [2.45, 2.75) is 31.5 Å². The SMILES string of the molecule is CC(NC1c2ccccc2CC1O)c1ccc(C#N)cc1F. The van der Waals surface area contributed by atoms with Gasteiger partial charge in [-0.2, -0.15) is 5.26 Å². The minimum atomic E-state index is -0.513. The lowest BCUT2D eigenvalue weighted by atomic mass is 10.0. The molecule has 0 spiro atoms. The normalized spacial score (nSPS) is 21.2. The molecule has 112 valence electrons. The minimum Gasteiger partial charge on any atom is -0.391 e. The molecule has 0 heterocycles. The van der Waals surface area contributed by atoms with E-state index in [0.717, 1.165) is 11.1 Å². The van der Waals surface area contributed by atoms with Gasteiger partial charge in [-0.15, -0.1) is 0 Å². The highest BCUT2D eigenvalue weighted by Gasteiger charge is 2.31. The van der Waals surface area contributed by atoms with Gasteiger partial charge in [0.05, 0.1) is 23.8 Å². The van der Waals surface area contributed by atoms with Crippen molar-refractivity contribution in [2.75, 3.05) is 0 Å². The summed E-state index contributed by atoms with van der Waals surface area (Å²) >= 11 is 0. The summed E-state index contributed by atoms with van der Waals surface area (Å²) in [5.74, 6) is -0.403. The van der Waals surface area contributed by atoms with Gasteiger partial charge in [0, 0.05) is 18.0 Å². The quantitative estimate of drug-likeness (QED) is 0.915. The first-order valence-electron chi connectivity index (χ1n) is 7.31. The van der Waals surface area contributed by atoms with Gasteiger partial charge in [0.2, 0.25) is 0 Å². The van der Waals surface area contributed by atoms with Crippen LogP contribution in [0.15, 0.2) is 42.5 Å². The zero-order valence-corrected chi connectivity index (χ0v) is 12.3. The first-order valence-corrected chi connectivity index (χ1v) is 7.31. The highest BCUT2D eigenvalue weighted by atomic mass is 19.1. The Morgan fingerprint density at radius 1 is 1.32 bits per heavy atom. The van der Waals surface area contributed by atoms with Gasteiger partial charge in [0.15, 0.2) is 0 Å².